The monoisotopic (exact) mass is 544 g/mol. The molecule has 1 amide bonds. The maximum absolute atomic E-state index is 13.8. The molecule has 1 aliphatic heterocycles. The maximum Gasteiger partial charge on any atom is 0.326 e. The molecule has 1 aliphatic rings. The fraction of sp³-hybridized carbons (Fsp3) is 0.231. The number of para-hydroxylation sites is 1. The average Bonchev–Trinajstić information content (AvgIpc) is 3.10. The molecule has 3 aromatic rings. The molecule has 0 spiro atoms. The summed E-state index contributed by atoms with van der Waals surface area (Å²) in [6.45, 7) is -0.449. The second-order valence-corrected chi connectivity index (χ2v) is 10.5. The number of sulfonamides is 1. The van der Waals surface area contributed by atoms with Crippen LogP contribution in [-0.4, -0.2) is 58.5 Å². The Balaban J connectivity index is 1.84. The Bertz CT molecular complexity index is 1430. The Morgan fingerprint density at radius 3 is 2.30 bits per heavy atom. The first-order valence-corrected chi connectivity index (χ1v) is 13.0. The highest BCUT2D eigenvalue weighted by Crippen LogP contribution is 2.34. The maximum atomic E-state index is 13.8. The van der Waals surface area contributed by atoms with Gasteiger partial charge in [0.05, 0.1) is 38.3 Å². The quantitative estimate of drug-likeness (QED) is 0.435. The summed E-state index contributed by atoms with van der Waals surface area (Å²) in [5.41, 5.74) is 1.20. The largest absolute Gasteiger partial charge is 0.497 e. The Hall–Kier alpha value is -3.60. The van der Waals surface area contributed by atoms with Crippen LogP contribution < -0.4 is 14.4 Å². The predicted molar refractivity (Wildman–Crippen MR) is 138 cm³/mol. The molecule has 37 heavy (non-hydrogen) atoms. The molecular weight excluding hydrogens is 520 g/mol. The molecule has 0 aliphatic carbocycles. The minimum Gasteiger partial charge on any atom is -0.497 e. The van der Waals surface area contributed by atoms with Crippen molar-refractivity contribution in [3.05, 3.63) is 82.9 Å². The van der Waals surface area contributed by atoms with Crippen LogP contribution >= 0.6 is 11.6 Å². The summed E-state index contributed by atoms with van der Waals surface area (Å²) >= 11 is 6.08. The normalized spacial score (nSPS) is 15.9. The van der Waals surface area contributed by atoms with E-state index in [1.165, 1.54) is 62.6 Å². The number of carbonyl (C=O) groups is 2. The summed E-state index contributed by atoms with van der Waals surface area (Å²) in [7, 11) is -0.127. The highest BCUT2D eigenvalue weighted by molar-refractivity contribution is 7.89. The van der Waals surface area contributed by atoms with Crippen LogP contribution in [0.4, 0.5) is 5.69 Å². The van der Waals surface area contributed by atoms with Gasteiger partial charge in [-0.15, -0.1) is 0 Å². The number of fused-ring (bicyclic) bond motifs is 1. The Labute approximate surface area is 220 Å². The van der Waals surface area contributed by atoms with E-state index >= 15 is 0 Å². The van der Waals surface area contributed by atoms with E-state index in [1.54, 1.807) is 30.3 Å². The van der Waals surface area contributed by atoms with E-state index in [0.29, 0.717) is 22.0 Å². The molecule has 1 heterocycles. The van der Waals surface area contributed by atoms with Gasteiger partial charge in [0.2, 0.25) is 10.0 Å². The van der Waals surface area contributed by atoms with E-state index in [2.05, 4.69) is 0 Å². The number of halogens is 1. The third-order valence-electron chi connectivity index (χ3n) is 6.09. The van der Waals surface area contributed by atoms with Crippen LogP contribution in [0.3, 0.4) is 0 Å². The Kier molecular flexibility index (Phi) is 7.72. The number of carbonyl (C=O) groups excluding carboxylic acids is 2. The molecule has 1 unspecified atom stereocenters. The number of ether oxygens (including phenoxy) is 3. The van der Waals surface area contributed by atoms with Crippen LogP contribution in [-0.2, 0) is 26.1 Å². The van der Waals surface area contributed by atoms with Gasteiger partial charge in [0.1, 0.15) is 17.5 Å². The second-order valence-electron chi connectivity index (χ2n) is 8.15. The molecule has 0 bridgehead atoms. The molecule has 11 heteroatoms. The van der Waals surface area contributed by atoms with Gasteiger partial charge in [-0.25, -0.2) is 8.42 Å². The fourth-order valence-electron chi connectivity index (χ4n) is 4.19. The zero-order valence-electron chi connectivity index (χ0n) is 20.4. The molecule has 0 fully saturated rings. The second kappa shape index (κ2) is 10.8. The molecule has 0 aromatic heterocycles. The molecule has 9 nitrogen and oxygen atoms in total. The fourth-order valence-corrected chi connectivity index (χ4v) is 5.90. The molecule has 0 N–H and O–H groups in total. The molecule has 0 saturated carbocycles. The molecule has 3 aromatic carbocycles. The topological polar surface area (TPSA) is 102 Å². The van der Waals surface area contributed by atoms with E-state index < -0.39 is 27.9 Å². The van der Waals surface area contributed by atoms with Crippen molar-refractivity contribution in [2.75, 3.05) is 32.8 Å². The molecular formula is C26H25ClN2O7S. The van der Waals surface area contributed by atoms with Crippen molar-refractivity contribution in [2.45, 2.75) is 17.5 Å². The van der Waals surface area contributed by atoms with E-state index in [-0.39, 0.29) is 29.3 Å². The molecule has 0 radical (unpaired) electrons. The molecule has 1 atom stereocenters. The van der Waals surface area contributed by atoms with Crippen LogP contribution in [0, 0.1) is 0 Å². The lowest BCUT2D eigenvalue weighted by Gasteiger charge is -2.29. The van der Waals surface area contributed by atoms with Gasteiger partial charge in [-0.1, -0.05) is 29.8 Å². The van der Waals surface area contributed by atoms with Crippen LogP contribution in [0.15, 0.2) is 71.6 Å². The van der Waals surface area contributed by atoms with Crippen LogP contribution in [0.1, 0.15) is 15.9 Å². The average molecular weight is 545 g/mol. The van der Waals surface area contributed by atoms with E-state index in [9.17, 15) is 18.0 Å². The van der Waals surface area contributed by atoms with E-state index in [4.69, 9.17) is 25.8 Å². The predicted octanol–water partition coefficient (Wildman–Crippen LogP) is 3.75. The number of esters is 1. The van der Waals surface area contributed by atoms with E-state index in [1.807, 2.05) is 0 Å². The van der Waals surface area contributed by atoms with Crippen molar-refractivity contribution >= 4 is 39.2 Å². The van der Waals surface area contributed by atoms with Gasteiger partial charge in [0, 0.05) is 17.3 Å². The first-order chi connectivity index (χ1) is 17.7. The lowest BCUT2D eigenvalue weighted by Crippen LogP contribution is -2.50. The number of amides is 1. The van der Waals surface area contributed by atoms with Gasteiger partial charge >= 0.3 is 5.97 Å². The summed E-state index contributed by atoms with van der Waals surface area (Å²) in [4.78, 5) is 28.2. The van der Waals surface area contributed by atoms with Crippen molar-refractivity contribution in [2.24, 2.45) is 0 Å². The van der Waals surface area contributed by atoms with Crippen molar-refractivity contribution in [1.29, 1.82) is 0 Å². The highest BCUT2D eigenvalue weighted by atomic mass is 35.5. The van der Waals surface area contributed by atoms with Gasteiger partial charge < -0.3 is 19.1 Å². The lowest BCUT2D eigenvalue weighted by atomic mass is 10.1. The number of rotatable bonds is 6. The lowest BCUT2D eigenvalue weighted by molar-refractivity contribution is -0.144. The Morgan fingerprint density at radius 1 is 0.946 bits per heavy atom. The van der Waals surface area contributed by atoms with Gasteiger partial charge in [-0.05, 0) is 54.1 Å². The van der Waals surface area contributed by atoms with Gasteiger partial charge in [0.15, 0.2) is 0 Å². The molecule has 194 valence electrons. The van der Waals surface area contributed by atoms with Crippen molar-refractivity contribution in [1.82, 2.24) is 4.31 Å². The first-order valence-electron chi connectivity index (χ1n) is 11.2. The van der Waals surface area contributed by atoms with Crippen LogP contribution in [0.5, 0.6) is 11.5 Å². The van der Waals surface area contributed by atoms with Gasteiger partial charge in [-0.3, -0.25) is 9.59 Å². The number of nitrogens with zero attached hydrogens (tertiary/aromatic N) is 2. The summed E-state index contributed by atoms with van der Waals surface area (Å²) in [6.07, 6.45) is 0. The summed E-state index contributed by atoms with van der Waals surface area (Å²) < 4.78 is 44.2. The SMILES string of the molecule is COC(=O)C1CN(C(=O)c2ccc(Cl)cc2OC)c2ccccc2CN1S(=O)(=O)c1ccc(OC)cc1. The minimum atomic E-state index is -4.19. The first kappa shape index (κ1) is 26.5. The summed E-state index contributed by atoms with van der Waals surface area (Å²) in [6, 6.07) is 16.0. The molecule has 4 rings (SSSR count). The highest BCUT2D eigenvalue weighted by Gasteiger charge is 2.42. The number of hydrogen-bond acceptors (Lipinski definition) is 7. The van der Waals surface area contributed by atoms with E-state index in [0.717, 1.165) is 4.31 Å². The number of hydrogen-bond donors (Lipinski definition) is 0. The smallest absolute Gasteiger partial charge is 0.326 e. The van der Waals surface area contributed by atoms with Crippen LogP contribution in [0.25, 0.3) is 0 Å². The molecule has 0 saturated heterocycles. The number of methoxy groups -OCH3 is 3. The summed E-state index contributed by atoms with van der Waals surface area (Å²) in [5.74, 6) is -0.556. The van der Waals surface area contributed by atoms with Crippen molar-refractivity contribution in [3.8, 4) is 11.5 Å². The van der Waals surface area contributed by atoms with Gasteiger partial charge in [-0.2, -0.15) is 4.31 Å². The third kappa shape index (κ3) is 5.13. The minimum absolute atomic E-state index is 0.0289. The Morgan fingerprint density at radius 2 is 1.65 bits per heavy atom. The number of benzene rings is 3. The summed E-state index contributed by atoms with van der Waals surface area (Å²) in [5, 5.41) is 0.383. The number of anilines is 1. The van der Waals surface area contributed by atoms with Crippen molar-refractivity contribution < 1.29 is 32.2 Å². The standard InChI is InChI=1S/C26H25ClN2O7S/c1-34-19-9-11-20(12-10-19)37(32,33)29-15-17-6-4-5-7-22(17)28(16-23(29)26(31)36-3)25(30)21-13-8-18(27)14-24(21)35-2/h4-14,23H,15-16H2,1-3H3. The zero-order chi connectivity index (χ0) is 26.7. The van der Waals surface area contributed by atoms with Gasteiger partial charge in [0.25, 0.3) is 5.91 Å². The van der Waals surface area contributed by atoms with Crippen LogP contribution in [0.2, 0.25) is 5.02 Å². The third-order valence-corrected chi connectivity index (χ3v) is 8.19. The van der Waals surface area contributed by atoms with Crippen molar-refractivity contribution in [3.63, 3.8) is 0 Å². The zero-order valence-corrected chi connectivity index (χ0v) is 22.0.